The van der Waals surface area contributed by atoms with E-state index in [0.717, 1.165) is 16.5 Å². The number of pyridine rings is 1. The van der Waals surface area contributed by atoms with Gasteiger partial charge in [0.15, 0.2) is 11.6 Å². The molecule has 0 fully saturated rings. The zero-order valence-electron chi connectivity index (χ0n) is 11.4. The van der Waals surface area contributed by atoms with Crippen LogP contribution in [0, 0.1) is 5.82 Å². The Labute approximate surface area is 122 Å². The Morgan fingerprint density at radius 1 is 1.00 bits per heavy atom. The number of ether oxygens (including phenoxy) is 1. The van der Waals surface area contributed by atoms with Gasteiger partial charge in [0.2, 0.25) is 0 Å². The van der Waals surface area contributed by atoms with E-state index in [1.165, 1.54) is 6.07 Å². The lowest BCUT2D eigenvalue weighted by atomic mass is 10.1. The highest BCUT2D eigenvalue weighted by atomic mass is 19.1. The van der Waals surface area contributed by atoms with Crippen LogP contribution >= 0.6 is 0 Å². The van der Waals surface area contributed by atoms with E-state index in [4.69, 9.17) is 10.5 Å². The summed E-state index contributed by atoms with van der Waals surface area (Å²) >= 11 is 0. The first kappa shape index (κ1) is 13.5. The number of aromatic nitrogens is 1. The summed E-state index contributed by atoms with van der Waals surface area (Å²) in [5, 5.41) is 1.01. The van der Waals surface area contributed by atoms with Gasteiger partial charge in [-0.2, -0.15) is 0 Å². The Morgan fingerprint density at radius 2 is 1.86 bits per heavy atom. The van der Waals surface area contributed by atoms with Crippen LogP contribution in [0.1, 0.15) is 11.1 Å². The molecule has 0 saturated carbocycles. The van der Waals surface area contributed by atoms with Crippen molar-refractivity contribution in [2.45, 2.75) is 13.2 Å². The highest BCUT2D eigenvalue weighted by Gasteiger charge is 2.10. The summed E-state index contributed by atoms with van der Waals surface area (Å²) in [4.78, 5) is 4.30. The van der Waals surface area contributed by atoms with Crippen molar-refractivity contribution in [3.05, 3.63) is 71.7 Å². The van der Waals surface area contributed by atoms with Crippen molar-refractivity contribution in [1.82, 2.24) is 4.98 Å². The molecule has 0 atom stereocenters. The minimum absolute atomic E-state index is 0.223. The zero-order valence-corrected chi connectivity index (χ0v) is 11.4. The lowest BCUT2D eigenvalue weighted by Gasteiger charge is -2.12. The molecular weight excluding hydrogens is 267 g/mol. The van der Waals surface area contributed by atoms with Gasteiger partial charge >= 0.3 is 0 Å². The second-order valence-corrected chi connectivity index (χ2v) is 4.71. The Bertz CT molecular complexity index is 768. The average molecular weight is 282 g/mol. The van der Waals surface area contributed by atoms with Crippen LogP contribution < -0.4 is 10.5 Å². The fourth-order valence-corrected chi connectivity index (χ4v) is 2.31. The van der Waals surface area contributed by atoms with Crippen molar-refractivity contribution in [2.75, 3.05) is 0 Å². The number of hydrogen-bond acceptors (Lipinski definition) is 3. The molecule has 0 amide bonds. The van der Waals surface area contributed by atoms with E-state index < -0.39 is 5.82 Å². The fourth-order valence-electron chi connectivity index (χ4n) is 2.31. The number of halogens is 1. The molecule has 0 aliphatic carbocycles. The van der Waals surface area contributed by atoms with Crippen LogP contribution in [0.15, 0.2) is 54.7 Å². The molecule has 0 radical (unpaired) electrons. The van der Waals surface area contributed by atoms with Gasteiger partial charge in [0.05, 0.1) is 5.52 Å². The summed E-state index contributed by atoms with van der Waals surface area (Å²) in [7, 11) is 0. The highest BCUT2D eigenvalue weighted by Crippen LogP contribution is 2.24. The predicted molar refractivity (Wildman–Crippen MR) is 80.4 cm³/mol. The van der Waals surface area contributed by atoms with Gasteiger partial charge in [-0.1, -0.05) is 30.3 Å². The molecule has 0 saturated heterocycles. The molecule has 1 heterocycles. The molecule has 2 N–H and O–H groups in total. The summed E-state index contributed by atoms with van der Waals surface area (Å²) in [6.45, 7) is 0.515. The first-order valence-electron chi connectivity index (χ1n) is 6.72. The van der Waals surface area contributed by atoms with Gasteiger partial charge in [-0.15, -0.1) is 0 Å². The van der Waals surface area contributed by atoms with E-state index in [-0.39, 0.29) is 18.9 Å². The molecule has 3 rings (SSSR count). The molecule has 0 aliphatic rings. The number of para-hydroxylation sites is 2. The smallest absolute Gasteiger partial charge is 0.165 e. The molecule has 0 spiro atoms. The predicted octanol–water partition coefficient (Wildman–Crippen LogP) is 3.41. The lowest BCUT2D eigenvalue weighted by Crippen LogP contribution is -2.05. The van der Waals surface area contributed by atoms with Crippen molar-refractivity contribution in [2.24, 2.45) is 5.73 Å². The highest BCUT2D eigenvalue weighted by molar-refractivity contribution is 5.81. The molecule has 0 aliphatic heterocycles. The van der Waals surface area contributed by atoms with Crippen molar-refractivity contribution in [1.29, 1.82) is 0 Å². The minimum atomic E-state index is -0.392. The standard InChI is InChI=1S/C17H15FN2O/c18-15-6-3-4-12(10-19)17(15)21-11-13-8-9-20-16-7-2-1-5-14(13)16/h1-9H,10-11,19H2. The van der Waals surface area contributed by atoms with Crippen LogP contribution in [0.25, 0.3) is 10.9 Å². The molecule has 0 bridgehead atoms. The van der Waals surface area contributed by atoms with E-state index in [2.05, 4.69) is 4.98 Å². The number of nitrogens with two attached hydrogens (primary N) is 1. The maximum Gasteiger partial charge on any atom is 0.165 e. The van der Waals surface area contributed by atoms with Gasteiger partial charge in [-0.05, 0) is 18.2 Å². The normalized spacial score (nSPS) is 10.8. The first-order chi connectivity index (χ1) is 10.3. The largest absolute Gasteiger partial charge is 0.485 e. The van der Waals surface area contributed by atoms with Crippen LogP contribution in [0.5, 0.6) is 5.75 Å². The number of fused-ring (bicyclic) bond motifs is 1. The van der Waals surface area contributed by atoms with Crippen molar-refractivity contribution >= 4 is 10.9 Å². The molecule has 3 nitrogen and oxygen atoms in total. The van der Waals surface area contributed by atoms with E-state index >= 15 is 0 Å². The minimum Gasteiger partial charge on any atom is -0.485 e. The van der Waals surface area contributed by atoms with Gasteiger partial charge in [-0.3, -0.25) is 4.98 Å². The lowest BCUT2D eigenvalue weighted by molar-refractivity contribution is 0.288. The molecule has 0 unspecified atom stereocenters. The van der Waals surface area contributed by atoms with Crippen molar-refractivity contribution in [3.8, 4) is 5.75 Å². The van der Waals surface area contributed by atoms with Crippen LogP contribution in [0.3, 0.4) is 0 Å². The number of benzene rings is 2. The second-order valence-electron chi connectivity index (χ2n) is 4.71. The van der Waals surface area contributed by atoms with Crippen molar-refractivity contribution < 1.29 is 9.13 Å². The topological polar surface area (TPSA) is 48.1 Å². The second kappa shape index (κ2) is 5.89. The van der Waals surface area contributed by atoms with E-state index in [0.29, 0.717) is 5.56 Å². The molecule has 106 valence electrons. The summed E-state index contributed by atoms with van der Waals surface area (Å²) in [5.74, 6) is -0.169. The van der Waals surface area contributed by atoms with Crippen LogP contribution in [0.4, 0.5) is 4.39 Å². The summed E-state index contributed by atoms with van der Waals surface area (Å²) in [6, 6.07) is 14.4. The van der Waals surface area contributed by atoms with Gasteiger partial charge in [0.25, 0.3) is 0 Å². The maximum absolute atomic E-state index is 13.9. The maximum atomic E-state index is 13.9. The van der Waals surface area contributed by atoms with Crippen LogP contribution in [0.2, 0.25) is 0 Å². The Balaban J connectivity index is 1.91. The summed E-state index contributed by atoms with van der Waals surface area (Å²) < 4.78 is 19.5. The van der Waals surface area contributed by atoms with E-state index in [9.17, 15) is 4.39 Å². The number of nitrogens with zero attached hydrogens (tertiary/aromatic N) is 1. The van der Waals surface area contributed by atoms with Crippen molar-refractivity contribution in [3.63, 3.8) is 0 Å². The van der Waals surface area contributed by atoms with E-state index in [1.54, 1.807) is 18.3 Å². The third kappa shape index (κ3) is 2.71. The SMILES string of the molecule is NCc1cccc(F)c1OCc1ccnc2ccccc12. The molecule has 3 aromatic rings. The Morgan fingerprint density at radius 3 is 2.71 bits per heavy atom. The van der Waals surface area contributed by atoms with Gasteiger partial charge in [0, 0.05) is 29.3 Å². The quantitative estimate of drug-likeness (QED) is 0.797. The average Bonchev–Trinajstić information content (AvgIpc) is 2.53. The first-order valence-corrected chi connectivity index (χ1v) is 6.72. The Kier molecular flexibility index (Phi) is 3.79. The number of hydrogen-bond donors (Lipinski definition) is 1. The molecule has 21 heavy (non-hydrogen) atoms. The fraction of sp³-hybridized carbons (Fsp3) is 0.118. The van der Waals surface area contributed by atoms with Gasteiger partial charge in [0.1, 0.15) is 6.61 Å². The number of rotatable bonds is 4. The van der Waals surface area contributed by atoms with Crippen LogP contribution in [-0.4, -0.2) is 4.98 Å². The third-order valence-corrected chi connectivity index (χ3v) is 3.38. The van der Waals surface area contributed by atoms with Crippen LogP contribution in [-0.2, 0) is 13.2 Å². The van der Waals surface area contributed by atoms with Gasteiger partial charge in [-0.25, -0.2) is 4.39 Å². The third-order valence-electron chi connectivity index (χ3n) is 3.38. The molecule has 4 heteroatoms. The molecular formula is C17H15FN2O. The Hall–Kier alpha value is -2.46. The molecule has 1 aromatic heterocycles. The summed E-state index contributed by atoms with van der Waals surface area (Å²) in [6.07, 6.45) is 1.73. The van der Waals surface area contributed by atoms with E-state index in [1.807, 2.05) is 30.3 Å². The zero-order chi connectivity index (χ0) is 14.7. The van der Waals surface area contributed by atoms with Gasteiger partial charge < -0.3 is 10.5 Å². The molecule has 2 aromatic carbocycles. The monoisotopic (exact) mass is 282 g/mol. The summed E-state index contributed by atoms with van der Waals surface area (Å²) in [5.41, 5.74) is 8.14.